The molecule has 0 radical (unpaired) electrons. The second kappa shape index (κ2) is 23.4. The van der Waals surface area contributed by atoms with Crippen LogP contribution in [0, 0.1) is 55.4 Å². The van der Waals surface area contributed by atoms with Crippen molar-refractivity contribution in [2.24, 2.45) is 0 Å². The topological polar surface area (TPSA) is 170 Å². The molecule has 2 aromatic heterocycles. The molecule has 2 N–H and O–H groups in total. The van der Waals surface area contributed by atoms with Crippen LogP contribution in [0.3, 0.4) is 0 Å². The third kappa shape index (κ3) is 11.6. The second-order valence-corrected chi connectivity index (χ2v) is 25.9. The zero-order chi connectivity index (χ0) is 66.7. The van der Waals surface area contributed by atoms with E-state index >= 15 is 45.5 Å². The van der Waals surface area contributed by atoms with Crippen LogP contribution in [0.25, 0.3) is 43.1 Å². The van der Waals surface area contributed by atoms with E-state index in [-0.39, 0.29) is 109 Å². The number of carbonyl (C=O) groups excluding carboxylic acids is 6. The van der Waals surface area contributed by atoms with Crippen molar-refractivity contribution >= 4 is 111 Å². The fraction of sp³-hybridized carbons (Fsp3) is 0.194. The molecule has 13 rings (SSSR count). The maximum absolute atomic E-state index is 15.9. The molecule has 0 aliphatic carbocycles. The highest BCUT2D eigenvalue weighted by Crippen LogP contribution is 2.58. The average Bonchev–Trinajstić information content (AvgIpc) is 0.676. The van der Waals surface area contributed by atoms with E-state index < -0.39 is 95.0 Å². The summed E-state index contributed by atoms with van der Waals surface area (Å²) >= 11 is 2.00. The van der Waals surface area contributed by atoms with E-state index in [4.69, 9.17) is 18.9 Å². The summed E-state index contributed by atoms with van der Waals surface area (Å²) in [6, 6.07) is 26.9. The van der Waals surface area contributed by atoms with Gasteiger partial charge in [-0.3, -0.25) is 38.6 Å². The predicted molar refractivity (Wildman–Crippen MR) is 347 cm³/mol. The summed E-state index contributed by atoms with van der Waals surface area (Å²) in [6.07, 6.45) is -14.2. The number of nitrogens with one attached hydrogen (secondary N) is 2. The van der Waals surface area contributed by atoms with Gasteiger partial charge >= 0.3 is 12.4 Å². The molecule has 476 valence electrons. The summed E-state index contributed by atoms with van der Waals surface area (Å²) in [5, 5.41) is 8.05. The number of hydrogen-bond donors (Lipinski definition) is 2. The minimum Gasteiger partial charge on any atom is -0.457 e. The first-order chi connectivity index (χ1) is 44.5. The Morgan fingerprint density at radius 1 is 0.383 bits per heavy atom. The first-order valence-corrected chi connectivity index (χ1v) is 31.3. The normalized spacial score (nSPS) is 14.0. The van der Waals surface area contributed by atoms with E-state index in [1.54, 1.807) is 127 Å². The monoisotopic (exact) mass is 1310 g/mol. The highest BCUT2D eigenvalue weighted by molar-refractivity contribution is 7.14. The van der Waals surface area contributed by atoms with Crippen LogP contribution in [-0.4, -0.2) is 69.7 Å². The Bertz CT molecular complexity index is 4420. The number of rotatable bonds is 16. The molecule has 9 aromatic carbocycles. The number of aryl methyl sites for hydroxylation is 8. The second-order valence-electron chi connectivity index (χ2n) is 24.0. The van der Waals surface area contributed by atoms with Gasteiger partial charge in [0.25, 0.3) is 23.6 Å². The highest BCUT2D eigenvalue weighted by atomic mass is 32.1. The van der Waals surface area contributed by atoms with Crippen LogP contribution in [0.2, 0.25) is 0 Å². The number of thiophene rings is 2. The van der Waals surface area contributed by atoms with Crippen LogP contribution in [-0.2, 0) is 9.59 Å². The molecule has 2 aliphatic rings. The van der Waals surface area contributed by atoms with Gasteiger partial charge in [0, 0.05) is 43.1 Å². The summed E-state index contributed by atoms with van der Waals surface area (Å²) in [6.45, 7) is 14.4. The number of benzene rings is 9. The first-order valence-electron chi connectivity index (χ1n) is 29.5. The van der Waals surface area contributed by atoms with Crippen LogP contribution >= 0.6 is 22.7 Å². The molecule has 6 amide bonds. The van der Waals surface area contributed by atoms with Gasteiger partial charge in [0.15, 0.2) is 0 Å². The lowest BCUT2D eigenvalue weighted by Gasteiger charge is -2.36. The summed E-state index contributed by atoms with van der Waals surface area (Å²) in [5.74, 6) is -8.05. The molecule has 0 saturated heterocycles. The largest absolute Gasteiger partial charge is 0.457 e. The van der Waals surface area contributed by atoms with E-state index in [2.05, 4.69) is 10.6 Å². The number of alkyl halides is 6. The molecule has 11 aromatic rings. The fourth-order valence-corrected chi connectivity index (χ4v) is 14.3. The molecule has 0 fully saturated rings. The molecule has 2 unspecified atom stereocenters. The van der Waals surface area contributed by atoms with Gasteiger partial charge < -0.3 is 29.6 Å². The van der Waals surface area contributed by atoms with Gasteiger partial charge in [-0.15, -0.1) is 22.7 Å². The zero-order valence-corrected chi connectivity index (χ0v) is 53.0. The number of carbonyl (C=O) groups is 6. The van der Waals surface area contributed by atoms with Crippen LogP contribution < -0.4 is 29.6 Å². The number of imide groups is 2. The standard InChI is InChI=1S/C72H54F6N4O10S2/c1-33-15-34(2)20-41(19-33)89-51-27-45-57-46(68(86)81(67(45)85)49(31-71(73,74)75)65(83)79-55-11-9-13-93-55)29-53(91-43-23-37(5)17-38(6)24-43)61-62-54(92-44-25-39(7)18-40(8)26-44)30-48-58-47(28-52(60(64(58)62)59(51)63(57)61)90-42-21-35(3)16-36(4)22-42)69(87)82(70(48)88)50(32-72(76,77)78)66(84)80-56-12-10-14-94-56/h9-30,49-50H,31-32H2,1-8H3,(H,79,83)(H,80,84). The molecule has 94 heavy (non-hydrogen) atoms. The number of amides is 6. The van der Waals surface area contributed by atoms with Gasteiger partial charge in [-0.05, 0) is 208 Å². The Balaban J connectivity index is 1.23. The van der Waals surface area contributed by atoms with Crippen LogP contribution in [0.4, 0.5) is 36.3 Å². The molecule has 2 aliphatic heterocycles. The lowest BCUT2D eigenvalue weighted by molar-refractivity contribution is -0.151. The lowest BCUT2D eigenvalue weighted by Crippen LogP contribution is -2.53. The number of ether oxygens (including phenoxy) is 4. The van der Waals surface area contributed by atoms with Gasteiger partial charge in [-0.1, -0.05) is 24.3 Å². The van der Waals surface area contributed by atoms with Crippen molar-refractivity contribution in [3.8, 4) is 46.0 Å². The van der Waals surface area contributed by atoms with Crippen LogP contribution in [0.15, 0.2) is 132 Å². The maximum atomic E-state index is 15.9. The fourth-order valence-electron chi connectivity index (χ4n) is 13.1. The Morgan fingerprint density at radius 3 is 0.840 bits per heavy atom. The van der Waals surface area contributed by atoms with E-state index in [0.717, 1.165) is 22.7 Å². The van der Waals surface area contributed by atoms with Gasteiger partial charge in [-0.25, -0.2) is 0 Å². The number of fused-ring (bicyclic) bond motifs is 2. The van der Waals surface area contributed by atoms with E-state index in [1.165, 1.54) is 36.4 Å². The Morgan fingerprint density at radius 2 is 0.628 bits per heavy atom. The number of anilines is 2. The third-order valence-corrected chi connectivity index (χ3v) is 17.8. The Labute approximate surface area is 540 Å². The van der Waals surface area contributed by atoms with Crippen molar-refractivity contribution in [1.29, 1.82) is 0 Å². The van der Waals surface area contributed by atoms with Gasteiger partial charge in [0.2, 0.25) is 11.8 Å². The van der Waals surface area contributed by atoms with Crippen LogP contribution in [0.5, 0.6) is 46.0 Å². The molecular formula is C72H54F6N4O10S2. The minimum absolute atomic E-state index is 0.0110. The quantitative estimate of drug-likeness (QED) is 0.0411. The number of halogens is 6. The molecule has 22 heteroatoms. The molecule has 0 spiro atoms. The summed E-state index contributed by atoms with van der Waals surface area (Å²) < 4.78 is 119. The Hall–Kier alpha value is -10.3. The molecule has 0 saturated carbocycles. The summed E-state index contributed by atoms with van der Waals surface area (Å²) in [7, 11) is 0. The van der Waals surface area contributed by atoms with E-state index in [1.807, 2.05) is 24.3 Å². The summed E-state index contributed by atoms with van der Waals surface area (Å²) in [4.78, 5) is 93.0. The highest BCUT2D eigenvalue weighted by Gasteiger charge is 2.50. The van der Waals surface area contributed by atoms with Crippen molar-refractivity contribution in [3.05, 3.63) is 199 Å². The number of hydrogen-bond acceptors (Lipinski definition) is 12. The van der Waals surface area contributed by atoms with E-state index in [0.29, 0.717) is 44.5 Å². The molecule has 0 bridgehead atoms. The average molecular weight is 1310 g/mol. The number of nitrogens with zero attached hydrogens (tertiary/aromatic N) is 2. The van der Waals surface area contributed by atoms with Crippen molar-refractivity contribution in [2.75, 3.05) is 10.6 Å². The molecule has 14 nitrogen and oxygen atoms in total. The SMILES string of the molecule is Cc1cc(C)cc(Oc2cc3c4c(cc(Oc5cc(C)cc(C)c5)c5c6c(Oc7cc(C)cc(C)c7)cc7c8c(cc(Oc9cc(C)cc(C)c9)c(c2c45)c86)C(=O)N(C(CC(F)(F)F)C(=O)Nc2cccs2)C7=O)C(=O)N(C(CC(F)(F)F)C(=O)Nc2cccs2)C3=O)c1. The molecule has 4 heterocycles. The van der Waals surface area contributed by atoms with Gasteiger partial charge in [-0.2, -0.15) is 26.3 Å². The van der Waals surface area contributed by atoms with Gasteiger partial charge in [0.05, 0.1) is 45.1 Å². The van der Waals surface area contributed by atoms with Crippen molar-refractivity contribution in [3.63, 3.8) is 0 Å². The van der Waals surface area contributed by atoms with Crippen LogP contribution in [0.1, 0.15) is 98.8 Å². The van der Waals surface area contributed by atoms with Crippen molar-refractivity contribution in [2.45, 2.75) is 92.7 Å². The molecule has 2 atom stereocenters. The maximum Gasteiger partial charge on any atom is 0.391 e. The van der Waals surface area contributed by atoms with Crippen molar-refractivity contribution in [1.82, 2.24) is 9.80 Å². The smallest absolute Gasteiger partial charge is 0.391 e. The summed E-state index contributed by atoms with van der Waals surface area (Å²) in [5.41, 5.74) is 4.09. The van der Waals surface area contributed by atoms with Crippen molar-refractivity contribution < 1.29 is 74.1 Å². The first kappa shape index (κ1) is 62.5. The third-order valence-electron chi connectivity index (χ3n) is 16.3. The Kier molecular flexibility index (Phi) is 15.5. The zero-order valence-electron chi connectivity index (χ0n) is 51.3. The van der Waals surface area contributed by atoms with E-state index in [9.17, 15) is 9.59 Å². The molecular weight excluding hydrogens is 1260 g/mol. The predicted octanol–water partition coefficient (Wildman–Crippen LogP) is 18.6. The van der Waals surface area contributed by atoms with Gasteiger partial charge in [0.1, 0.15) is 58.1 Å². The lowest BCUT2D eigenvalue weighted by atomic mass is 9.80. The minimum atomic E-state index is -5.13.